The molecule has 5 heteroatoms. The first-order valence-electron chi connectivity index (χ1n) is 9.74. The molecule has 0 bridgehead atoms. The lowest BCUT2D eigenvalue weighted by Crippen LogP contribution is -2.45. The maximum atomic E-state index is 12.8. The molecule has 2 fully saturated rings. The molecule has 1 aromatic carbocycles. The molecule has 27 heavy (non-hydrogen) atoms. The number of hydrogen-bond acceptors (Lipinski definition) is 3. The summed E-state index contributed by atoms with van der Waals surface area (Å²) in [7, 11) is 1.69. The average Bonchev–Trinajstić information content (AvgIpc) is 3.31. The van der Waals surface area contributed by atoms with Crippen molar-refractivity contribution in [3.05, 3.63) is 46.7 Å². The van der Waals surface area contributed by atoms with Crippen molar-refractivity contribution in [3.63, 3.8) is 0 Å². The van der Waals surface area contributed by atoms with Gasteiger partial charge in [0.15, 0.2) is 0 Å². The second-order valence-corrected chi connectivity index (χ2v) is 8.66. The van der Waals surface area contributed by atoms with Crippen LogP contribution in [0.15, 0.2) is 41.1 Å². The first-order chi connectivity index (χ1) is 13.1. The number of thiophene rings is 1. The summed E-state index contributed by atoms with van der Waals surface area (Å²) in [5.74, 6) is 0.489. The predicted molar refractivity (Wildman–Crippen MR) is 108 cm³/mol. The molecule has 1 aliphatic carbocycles. The van der Waals surface area contributed by atoms with Gasteiger partial charge < -0.3 is 10.2 Å². The summed E-state index contributed by atoms with van der Waals surface area (Å²) in [4.78, 5) is 27.3. The minimum Gasteiger partial charge on any atom is -0.359 e. The topological polar surface area (TPSA) is 49.4 Å². The molecule has 0 spiro atoms. The molecule has 0 unspecified atom stereocenters. The highest BCUT2D eigenvalue weighted by Gasteiger charge is 2.46. The van der Waals surface area contributed by atoms with Crippen molar-refractivity contribution in [2.75, 3.05) is 20.1 Å². The van der Waals surface area contributed by atoms with Crippen molar-refractivity contribution in [2.45, 2.75) is 32.1 Å². The van der Waals surface area contributed by atoms with Crippen LogP contribution < -0.4 is 5.32 Å². The van der Waals surface area contributed by atoms with Gasteiger partial charge in [0.1, 0.15) is 0 Å². The van der Waals surface area contributed by atoms with E-state index in [1.54, 1.807) is 18.4 Å². The van der Waals surface area contributed by atoms with Crippen LogP contribution in [-0.2, 0) is 16.0 Å². The van der Waals surface area contributed by atoms with Gasteiger partial charge in [-0.2, -0.15) is 11.3 Å². The largest absolute Gasteiger partial charge is 0.359 e. The number of carbonyl (C=O) groups excluding carboxylic acids is 2. The molecule has 1 aromatic heterocycles. The SMILES string of the molecule is CNC(=O)[C@]1(Cc2ccc(-c3ccsc3)cc2)CCN(C(=O)C2CCC2)C1. The number of hydrogen-bond donors (Lipinski definition) is 1. The Bertz CT molecular complexity index is 811. The highest BCUT2D eigenvalue weighted by molar-refractivity contribution is 7.08. The van der Waals surface area contributed by atoms with Crippen molar-refractivity contribution in [1.82, 2.24) is 10.2 Å². The Hall–Kier alpha value is -2.14. The van der Waals surface area contributed by atoms with Gasteiger partial charge >= 0.3 is 0 Å². The van der Waals surface area contributed by atoms with E-state index in [4.69, 9.17) is 0 Å². The number of nitrogens with zero attached hydrogens (tertiary/aromatic N) is 1. The van der Waals surface area contributed by atoms with E-state index in [0.29, 0.717) is 19.5 Å². The van der Waals surface area contributed by atoms with Crippen LogP contribution in [0.4, 0.5) is 0 Å². The van der Waals surface area contributed by atoms with Crippen LogP contribution >= 0.6 is 11.3 Å². The molecular weight excluding hydrogens is 356 g/mol. The molecule has 4 rings (SSSR count). The van der Waals surface area contributed by atoms with E-state index >= 15 is 0 Å². The monoisotopic (exact) mass is 382 g/mol. The van der Waals surface area contributed by atoms with Gasteiger partial charge in [-0.15, -0.1) is 0 Å². The standard InChI is InChI=1S/C22H26N2O2S/c1-23-21(26)22(10-11-24(15-22)20(25)18-3-2-4-18)13-16-5-7-17(8-6-16)19-9-12-27-14-19/h5-9,12,14,18H,2-4,10-11,13,15H2,1H3,(H,23,26)/t22-/m0/s1. The van der Waals surface area contributed by atoms with E-state index in [2.05, 4.69) is 46.4 Å². The zero-order valence-electron chi connectivity index (χ0n) is 15.7. The van der Waals surface area contributed by atoms with Crippen LogP contribution in [0.1, 0.15) is 31.2 Å². The molecule has 1 N–H and O–H groups in total. The first kappa shape index (κ1) is 18.2. The van der Waals surface area contributed by atoms with Gasteiger partial charge in [0.05, 0.1) is 5.41 Å². The second-order valence-electron chi connectivity index (χ2n) is 7.88. The predicted octanol–water partition coefficient (Wildman–Crippen LogP) is 3.72. The van der Waals surface area contributed by atoms with Crippen LogP contribution in [0.3, 0.4) is 0 Å². The Labute approximate surface area is 164 Å². The maximum absolute atomic E-state index is 12.8. The molecular formula is C22H26N2O2S. The molecule has 2 aliphatic rings. The van der Waals surface area contributed by atoms with E-state index in [-0.39, 0.29) is 17.7 Å². The number of carbonyl (C=O) groups is 2. The lowest BCUT2D eigenvalue weighted by Gasteiger charge is -2.31. The van der Waals surface area contributed by atoms with Crippen molar-refractivity contribution >= 4 is 23.2 Å². The third kappa shape index (κ3) is 3.53. The molecule has 1 saturated heterocycles. The average molecular weight is 383 g/mol. The number of likely N-dealkylation sites (tertiary alicyclic amines) is 1. The van der Waals surface area contributed by atoms with Crippen LogP contribution in [0, 0.1) is 11.3 Å². The molecule has 0 radical (unpaired) electrons. The van der Waals surface area contributed by atoms with E-state index in [0.717, 1.165) is 31.2 Å². The third-order valence-corrected chi connectivity index (χ3v) is 6.86. The van der Waals surface area contributed by atoms with Crippen molar-refractivity contribution in [2.24, 2.45) is 11.3 Å². The summed E-state index contributed by atoms with van der Waals surface area (Å²) in [6.07, 6.45) is 4.57. The quantitative estimate of drug-likeness (QED) is 0.857. The van der Waals surface area contributed by atoms with Gasteiger partial charge in [0.2, 0.25) is 11.8 Å². The van der Waals surface area contributed by atoms with Crippen molar-refractivity contribution < 1.29 is 9.59 Å². The zero-order chi connectivity index (χ0) is 18.9. The fraction of sp³-hybridized carbons (Fsp3) is 0.455. The van der Waals surface area contributed by atoms with Gasteiger partial charge in [-0.05, 0) is 59.2 Å². The minimum absolute atomic E-state index is 0.0494. The fourth-order valence-electron chi connectivity index (χ4n) is 4.28. The fourth-order valence-corrected chi connectivity index (χ4v) is 4.95. The molecule has 2 heterocycles. The van der Waals surface area contributed by atoms with E-state index in [9.17, 15) is 9.59 Å². The Morgan fingerprint density at radius 1 is 1.19 bits per heavy atom. The molecule has 1 saturated carbocycles. The van der Waals surface area contributed by atoms with Gasteiger partial charge in [-0.25, -0.2) is 0 Å². The smallest absolute Gasteiger partial charge is 0.228 e. The van der Waals surface area contributed by atoms with Crippen molar-refractivity contribution in [3.8, 4) is 11.1 Å². The maximum Gasteiger partial charge on any atom is 0.228 e. The molecule has 4 nitrogen and oxygen atoms in total. The Balaban J connectivity index is 1.51. The Morgan fingerprint density at radius 2 is 1.96 bits per heavy atom. The van der Waals surface area contributed by atoms with Crippen molar-refractivity contribution in [1.29, 1.82) is 0 Å². The zero-order valence-corrected chi connectivity index (χ0v) is 16.6. The van der Waals surface area contributed by atoms with Gasteiger partial charge in [-0.1, -0.05) is 30.7 Å². The molecule has 1 aliphatic heterocycles. The highest BCUT2D eigenvalue weighted by atomic mass is 32.1. The molecule has 1 atom stereocenters. The molecule has 2 aromatic rings. The minimum atomic E-state index is -0.516. The number of nitrogens with one attached hydrogen (secondary N) is 1. The lowest BCUT2D eigenvalue weighted by atomic mass is 9.79. The highest BCUT2D eigenvalue weighted by Crippen LogP contribution is 2.38. The van der Waals surface area contributed by atoms with Crippen LogP contribution in [0.2, 0.25) is 0 Å². The Morgan fingerprint density at radius 3 is 2.56 bits per heavy atom. The summed E-state index contributed by atoms with van der Waals surface area (Å²) in [6.45, 7) is 1.23. The van der Waals surface area contributed by atoms with Gasteiger partial charge in [0.25, 0.3) is 0 Å². The normalized spacial score (nSPS) is 22.5. The van der Waals surface area contributed by atoms with Crippen LogP contribution in [0.25, 0.3) is 11.1 Å². The second kappa shape index (κ2) is 7.47. The first-order valence-corrected chi connectivity index (χ1v) is 10.7. The van der Waals surface area contributed by atoms with E-state index in [1.165, 1.54) is 11.1 Å². The van der Waals surface area contributed by atoms with E-state index in [1.807, 2.05) is 4.90 Å². The summed E-state index contributed by atoms with van der Waals surface area (Å²) in [5, 5.41) is 7.06. The van der Waals surface area contributed by atoms with E-state index < -0.39 is 5.41 Å². The Kier molecular flexibility index (Phi) is 5.04. The molecule has 142 valence electrons. The lowest BCUT2D eigenvalue weighted by molar-refractivity contribution is -0.138. The summed E-state index contributed by atoms with van der Waals surface area (Å²) >= 11 is 1.69. The number of amides is 2. The van der Waals surface area contributed by atoms with Gasteiger partial charge in [-0.3, -0.25) is 9.59 Å². The summed E-state index contributed by atoms with van der Waals surface area (Å²) in [5.41, 5.74) is 3.06. The number of rotatable bonds is 5. The summed E-state index contributed by atoms with van der Waals surface area (Å²) in [6, 6.07) is 10.6. The van der Waals surface area contributed by atoms with Gasteiger partial charge in [0, 0.05) is 26.1 Å². The van der Waals surface area contributed by atoms with Crippen LogP contribution in [0.5, 0.6) is 0 Å². The van der Waals surface area contributed by atoms with Crippen LogP contribution in [-0.4, -0.2) is 36.9 Å². The third-order valence-electron chi connectivity index (χ3n) is 6.18. The summed E-state index contributed by atoms with van der Waals surface area (Å²) < 4.78 is 0. The molecule has 2 amide bonds. The number of benzene rings is 1.